The average Bonchev–Trinajstić information content (AvgIpc) is 3.40. The summed E-state index contributed by atoms with van der Waals surface area (Å²) in [6.07, 6.45) is 7.64. The third-order valence-electron chi connectivity index (χ3n) is 7.29. The zero-order chi connectivity index (χ0) is 24.4. The van der Waals surface area contributed by atoms with E-state index in [9.17, 15) is 9.90 Å². The lowest BCUT2D eigenvalue weighted by Gasteiger charge is -2.36. The Hall–Kier alpha value is -3.39. The number of nitrogens with zero attached hydrogens (tertiary/aromatic N) is 4. The molecule has 0 spiro atoms. The highest BCUT2D eigenvalue weighted by Crippen LogP contribution is 2.30. The molecule has 1 aliphatic heterocycles. The first-order valence-corrected chi connectivity index (χ1v) is 12.6. The Bertz CT molecular complexity index is 1180. The lowest BCUT2D eigenvalue weighted by Crippen LogP contribution is -2.43. The van der Waals surface area contributed by atoms with Gasteiger partial charge in [-0.3, -0.25) is 0 Å². The minimum absolute atomic E-state index is 0.254. The lowest BCUT2D eigenvalue weighted by molar-refractivity contribution is 0.0697. The van der Waals surface area contributed by atoms with Crippen molar-refractivity contribution in [3.63, 3.8) is 0 Å². The molecule has 0 atom stereocenters. The van der Waals surface area contributed by atoms with Crippen molar-refractivity contribution in [3.05, 3.63) is 48.0 Å². The van der Waals surface area contributed by atoms with Gasteiger partial charge in [0.15, 0.2) is 0 Å². The number of carboxylic acids is 1. The van der Waals surface area contributed by atoms with Crippen LogP contribution in [0.2, 0.25) is 0 Å². The molecule has 2 aromatic carbocycles. The number of likely N-dealkylation sites (tertiary alicyclic amines) is 1. The van der Waals surface area contributed by atoms with Crippen molar-refractivity contribution in [2.45, 2.75) is 50.6 Å². The van der Waals surface area contributed by atoms with Crippen LogP contribution < -0.4 is 15.5 Å². The monoisotopic (exact) mass is 474 g/mol. The molecule has 1 aliphatic carbocycles. The molecule has 0 radical (unpaired) electrons. The minimum atomic E-state index is -0.940. The van der Waals surface area contributed by atoms with Crippen LogP contribution in [0.4, 0.5) is 23.1 Å². The van der Waals surface area contributed by atoms with Gasteiger partial charge >= 0.3 is 5.97 Å². The first-order valence-electron chi connectivity index (χ1n) is 12.6. The van der Waals surface area contributed by atoms with Crippen LogP contribution in [0.1, 0.15) is 48.9 Å². The van der Waals surface area contributed by atoms with Crippen molar-refractivity contribution in [2.75, 3.05) is 42.7 Å². The second-order valence-corrected chi connectivity index (χ2v) is 9.89. The maximum absolute atomic E-state index is 11.2. The molecule has 1 aromatic heterocycles. The second-order valence-electron chi connectivity index (χ2n) is 9.89. The fraction of sp³-hybridized carbons (Fsp3) is 0.444. The normalized spacial score (nSPS) is 17.5. The molecule has 3 aromatic rings. The van der Waals surface area contributed by atoms with E-state index in [1.807, 2.05) is 20.2 Å². The van der Waals surface area contributed by atoms with Crippen LogP contribution in [0.25, 0.3) is 10.9 Å². The molecule has 5 rings (SSSR count). The average molecular weight is 475 g/mol. The van der Waals surface area contributed by atoms with Crippen LogP contribution in [-0.2, 0) is 0 Å². The van der Waals surface area contributed by atoms with Gasteiger partial charge in [-0.2, -0.15) is 4.98 Å². The maximum Gasteiger partial charge on any atom is 0.335 e. The standard InChI is InChI=1S/C27H34N6O2/c1-32(2)22-11-12-24-23(17-22)25(28-19-9-7-18(8-10-19)26(34)35)31-27(30-24)29-20-13-15-33(16-14-20)21-5-3-4-6-21/h7-12,17,20-21H,3-6,13-16H2,1-2H3,(H,34,35)(H2,28,29,30,31). The van der Waals surface area contributed by atoms with Gasteiger partial charge < -0.3 is 25.5 Å². The van der Waals surface area contributed by atoms with E-state index >= 15 is 0 Å². The van der Waals surface area contributed by atoms with Gasteiger partial charge in [0.25, 0.3) is 0 Å². The van der Waals surface area contributed by atoms with Crippen molar-refractivity contribution in [1.29, 1.82) is 0 Å². The predicted octanol–water partition coefficient (Wildman–Crippen LogP) is 4.96. The number of nitrogens with one attached hydrogen (secondary N) is 2. The summed E-state index contributed by atoms with van der Waals surface area (Å²) in [5.41, 5.74) is 2.96. The molecule has 184 valence electrons. The molecule has 0 bridgehead atoms. The molecule has 8 heteroatoms. The Morgan fingerprint density at radius 2 is 1.71 bits per heavy atom. The molecular formula is C27H34N6O2. The Morgan fingerprint density at radius 1 is 1.00 bits per heavy atom. The van der Waals surface area contributed by atoms with Gasteiger partial charge in [-0.05, 0) is 68.1 Å². The SMILES string of the molecule is CN(C)c1ccc2nc(NC3CCN(C4CCCC4)CC3)nc(Nc3ccc(C(=O)O)cc3)c2c1. The fourth-order valence-electron chi connectivity index (χ4n) is 5.25. The zero-order valence-electron chi connectivity index (χ0n) is 20.5. The Morgan fingerprint density at radius 3 is 2.37 bits per heavy atom. The molecular weight excluding hydrogens is 440 g/mol. The Balaban J connectivity index is 1.38. The highest BCUT2D eigenvalue weighted by atomic mass is 16.4. The van der Waals surface area contributed by atoms with Crippen LogP contribution in [0.5, 0.6) is 0 Å². The largest absolute Gasteiger partial charge is 0.478 e. The number of fused-ring (bicyclic) bond motifs is 1. The van der Waals surface area contributed by atoms with Crippen molar-refractivity contribution in [1.82, 2.24) is 14.9 Å². The Labute approximate surface area is 206 Å². The Kier molecular flexibility index (Phi) is 6.72. The first-order chi connectivity index (χ1) is 17.0. The summed E-state index contributed by atoms with van der Waals surface area (Å²) in [4.78, 5) is 25.6. The van der Waals surface area contributed by atoms with Crippen molar-refractivity contribution in [2.24, 2.45) is 0 Å². The molecule has 2 fully saturated rings. The first kappa shape index (κ1) is 23.4. The number of aromatic carboxylic acids is 1. The van der Waals surface area contributed by atoms with Gasteiger partial charge in [-0.1, -0.05) is 12.8 Å². The molecule has 0 unspecified atom stereocenters. The zero-order valence-corrected chi connectivity index (χ0v) is 20.5. The van der Waals surface area contributed by atoms with Crippen LogP contribution >= 0.6 is 0 Å². The van der Waals surface area contributed by atoms with Gasteiger partial charge in [-0.15, -0.1) is 0 Å². The third-order valence-corrected chi connectivity index (χ3v) is 7.29. The van der Waals surface area contributed by atoms with Crippen LogP contribution in [0.15, 0.2) is 42.5 Å². The van der Waals surface area contributed by atoms with Gasteiger partial charge in [-0.25, -0.2) is 9.78 Å². The number of rotatable bonds is 7. The van der Waals surface area contributed by atoms with E-state index < -0.39 is 5.97 Å². The van der Waals surface area contributed by atoms with Crippen LogP contribution in [0, 0.1) is 0 Å². The topological polar surface area (TPSA) is 93.6 Å². The number of piperidine rings is 1. The van der Waals surface area contributed by atoms with E-state index in [1.54, 1.807) is 24.3 Å². The maximum atomic E-state index is 11.2. The number of benzene rings is 2. The van der Waals surface area contributed by atoms with E-state index in [2.05, 4.69) is 32.6 Å². The van der Waals surface area contributed by atoms with Crippen molar-refractivity contribution in [3.8, 4) is 0 Å². The van der Waals surface area contributed by atoms with Crippen molar-refractivity contribution < 1.29 is 9.90 Å². The van der Waals surface area contributed by atoms with E-state index in [4.69, 9.17) is 9.97 Å². The number of carbonyl (C=O) groups is 1. The second kappa shape index (κ2) is 10.1. The molecule has 1 saturated heterocycles. The summed E-state index contributed by atoms with van der Waals surface area (Å²) in [5, 5.41) is 17.1. The van der Waals surface area contributed by atoms with E-state index in [0.29, 0.717) is 17.8 Å². The highest BCUT2D eigenvalue weighted by molar-refractivity contribution is 5.94. The third kappa shape index (κ3) is 5.32. The van der Waals surface area contributed by atoms with Gasteiger partial charge in [0.1, 0.15) is 5.82 Å². The summed E-state index contributed by atoms with van der Waals surface area (Å²) < 4.78 is 0. The van der Waals surface area contributed by atoms with E-state index in [-0.39, 0.29) is 5.56 Å². The number of anilines is 4. The number of hydrogen-bond acceptors (Lipinski definition) is 7. The summed E-state index contributed by atoms with van der Waals surface area (Å²) in [7, 11) is 4.02. The lowest BCUT2D eigenvalue weighted by atomic mass is 10.0. The van der Waals surface area contributed by atoms with E-state index in [0.717, 1.165) is 54.3 Å². The molecule has 1 saturated carbocycles. The number of aromatic nitrogens is 2. The van der Waals surface area contributed by atoms with Gasteiger partial charge in [0, 0.05) is 56.0 Å². The van der Waals surface area contributed by atoms with Gasteiger partial charge in [0.05, 0.1) is 11.1 Å². The summed E-state index contributed by atoms with van der Waals surface area (Å²) in [6.45, 7) is 2.26. The highest BCUT2D eigenvalue weighted by Gasteiger charge is 2.27. The number of carboxylic acid groups (broad SMARTS) is 1. The van der Waals surface area contributed by atoms with E-state index in [1.165, 1.54) is 25.7 Å². The molecule has 2 aliphatic rings. The molecule has 0 amide bonds. The van der Waals surface area contributed by atoms with Crippen molar-refractivity contribution >= 4 is 40.0 Å². The molecule has 2 heterocycles. The molecule has 3 N–H and O–H groups in total. The summed E-state index contributed by atoms with van der Waals surface area (Å²) in [5.74, 6) is 0.386. The summed E-state index contributed by atoms with van der Waals surface area (Å²) in [6, 6.07) is 14.0. The predicted molar refractivity (Wildman–Crippen MR) is 141 cm³/mol. The van der Waals surface area contributed by atoms with Crippen LogP contribution in [0.3, 0.4) is 0 Å². The molecule has 8 nitrogen and oxygen atoms in total. The number of hydrogen-bond donors (Lipinski definition) is 3. The van der Waals surface area contributed by atoms with Crippen LogP contribution in [-0.4, -0.2) is 65.2 Å². The minimum Gasteiger partial charge on any atom is -0.478 e. The van der Waals surface area contributed by atoms with Gasteiger partial charge in [0.2, 0.25) is 5.95 Å². The smallest absolute Gasteiger partial charge is 0.335 e. The summed E-state index contributed by atoms with van der Waals surface area (Å²) >= 11 is 0. The molecule has 35 heavy (non-hydrogen) atoms. The fourth-order valence-corrected chi connectivity index (χ4v) is 5.25. The quantitative estimate of drug-likeness (QED) is 0.443.